The summed E-state index contributed by atoms with van der Waals surface area (Å²) in [7, 11) is 0. The standard InChI is InChI=1S/C23H21N5OS/c29-22(27-11-13-30-14-12-27)17-15-20-21(24-16-17)28(19-9-5-2-6-10-19)23(26-20)25-18-7-3-1-4-8-18/h1-10,15-16H,11-14H2,(H,25,26). The molecule has 6 nitrogen and oxygen atoms in total. The van der Waals surface area contributed by atoms with Crippen molar-refractivity contribution in [3.63, 3.8) is 0 Å². The highest BCUT2D eigenvalue weighted by Gasteiger charge is 2.21. The Morgan fingerprint density at radius 1 is 0.967 bits per heavy atom. The Balaban J connectivity index is 1.58. The van der Waals surface area contributed by atoms with Crippen molar-refractivity contribution in [3.8, 4) is 5.69 Å². The highest BCUT2D eigenvalue weighted by molar-refractivity contribution is 7.99. The zero-order valence-corrected chi connectivity index (χ0v) is 17.2. The summed E-state index contributed by atoms with van der Waals surface area (Å²) < 4.78 is 1.98. The van der Waals surface area contributed by atoms with Crippen molar-refractivity contribution in [2.45, 2.75) is 0 Å². The van der Waals surface area contributed by atoms with Gasteiger partial charge in [0.1, 0.15) is 5.52 Å². The van der Waals surface area contributed by atoms with Crippen molar-refractivity contribution in [1.29, 1.82) is 0 Å². The van der Waals surface area contributed by atoms with E-state index >= 15 is 0 Å². The van der Waals surface area contributed by atoms with E-state index in [9.17, 15) is 4.79 Å². The zero-order valence-electron chi connectivity index (χ0n) is 16.4. The molecule has 0 radical (unpaired) electrons. The predicted molar refractivity (Wildman–Crippen MR) is 122 cm³/mol. The van der Waals surface area contributed by atoms with Crippen LogP contribution in [0.4, 0.5) is 11.6 Å². The van der Waals surface area contributed by atoms with Gasteiger partial charge in [0.05, 0.1) is 11.3 Å². The average molecular weight is 416 g/mol. The number of hydrogen-bond donors (Lipinski definition) is 1. The van der Waals surface area contributed by atoms with Crippen LogP contribution in [-0.2, 0) is 0 Å². The first-order chi connectivity index (χ1) is 14.8. The van der Waals surface area contributed by atoms with Gasteiger partial charge in [0.25, 0.3) is 5.91 Å². The maximum Gasteiger partial charge on any atom is 0.255 e. The molecule has 0 aliphatic carbocycles. The number of para-hydroxylation sites is 2. The Morgan fingerprint density at radius 2 is 1.67 bits per heavy atom. The molecule has 1 saturated heterocycles. The second-order valence-corrected chi connectivity index (χ2v) is 8.29. The summed E-state index contributed by atoms with van der Waals surface area (Å²) in [5, 5.41) is 3.39. The maximum absolute atomic E-state index is 12.9. The van der Waals surface area contributed by atoms with Crippen molar-refractivity contribution in [2.24, 2.45) is 0 Å². The lowest BCUT2D eigenvalue weighted by molar-refractivity contribution is 0.0772. The van der Waals surface area contributed by atoms with Crippen molar-refractivity contribution in [2.75, 3.05) is 29.9 Å². The molecule has 1 fully saturated rings. The van der Waals surface area contributed by atoms with E-state index in [0.717, 1.165) is 36.0 Å². The fraction of sp³-hybridized carbons (Fsp3) is 0.174. The van der Waals surface area contributed by atoms with E-state index in [1.807, 2.05) is 88.0 Å². The van der Waals surface area contributed by atoms with Gasteiger partial charge in [-0.2, -0.15) is 11.8 Å². The van der Waals surface area contributed by atoms with E-state index in [1.165, 1.54) is 0 Å². The summed E-state index contributed by atoms with van der Waals surface area (Å²) in [4.78, 5) is 24.3. The number of nitrogens with one attached hydrogen (secondary N) is 1. The van der Waals surface area contributed by atoms with Crippen molar-refractivity contribution >= 4 is 40.5 Å². The molecule has 1 aliphatic heterocycles. The van der Waals surface area contributed by atoms with E-state index in [1.54, 1.807) is 6.20 Å². The first kappa shape index (κ1) is 18.7. The molecule has 0 atom stereocenters. The fourth-order valence-corrected chi connectivity index (χ4v) is 4.49. The SMILES string of the molecule is O=C(c1cnc2c(c1)nc(Nc1ccccc1)n2-c1ccccc1)N1CCSCC1. The van der Waals surface area contributed by atoms with E-state index < -0.39 is 0 Å². The minimum atomic E-state index is 0.0246. The molecule has 1 amide bonds. The second kappa shape index (κ2) is 8.20. The number of nitrogens with zero attached hydrogens (tertiary/aromatic N) is 4. The zero-order chi connectivity index (χ0) is 20.3. The summed E-state index contributed by atoms with van der Waals surface area (Å²) in [6.07, 6.45) is 1.67. The number of amides is 1. The van der Waals surface area contributed by atoms with Gasteiger partial charge in [0.2, 0.25) is 5.95 Å². The maximum atomic E-state index is 12.9. The molecule has 0 unspecified atom stereocenters. The van der Waals surface area contributed by atoms with E-state index in [-0.39, 0.29) is 5.91 Å². The fourth-order valence-electron chi connectivity index (χ4n) is 3.59. The molecule has 0 bridgehead atoms. The molecule has 2 aromatic carbocycles. The lowest BCUT2D eigenvalue weighted by Gasteiger charge is -2.26. The van der Waals surface area contributed by atoms with Crippen LogP contribution in [0, 0.1) is 0 Å². The molecule has 0 saturated carbocycles. The van der Waals surface area contributed by atoms with Crippen LogP contribution in [0.15, 0.2) is 72.9 Å². The quantitative estimate of drug-likeness (QED) is 0.537. The van der Waals surface area contributed by atoms with Gasteiger partial charge in [-0.25, -0.2) is 9.97 Å². The molecule has 2 aromatic heterocycles. The third-order valence-electron chi connectivity index (χ3n) is 5.09. The largest absolute Gasteiger partial charge is 0.337 e. The number of carbonyl (C=O) groups is 1. The van der Waals surface area contributed by atoms with Crippen LogP contribution in [0.3, 0.4) is 0 Å². The van der Waals surface area contributed by atoms with Gasteiger partial charge in [0.15, 0.2) is 5.65 Å². The number of anilines is 2. The first-order valence-corrected chi connectivity index (χ1v) is 11.1. The molecule has 30 heavy (non-hydrogen) atoms. The number of rotatable bonds is 4. The topological polar surface area (TPSA) is 63.1 Å². The molecule has 150 valence electrons. The van der Waals surface area contributed by atoms with Crippen LogP contribution in [0.2, 0.25) is 0 Å². The van der Waals surface area contributed by atoms with Crippen LogP contribution in [0.25, 0.3) is 16.9 Å². The Morgan fingerprint density at radius 3 is 2.40 bits per heavy atom. The molecular weight excluding hydrogens is 394 g/mol. The summed E-state index contributed by atoms with van der Waals surface area (Å²) >= 11 is 1.88. The average Bonchev–Trinajstić information content (AvgIpc) is 3.17. The molecule has 7 heteroatoms. The van der Waals surface area contributed by atoms with Gasteiger partial charge < -0.3 is 10.2 Å². The summed E-state index contributed by atoms with van der Waals surface area (Å²) in [6.45, 7) is 1.56. The van der Waals surface area contributed by atoms with Crippen molar-refractivity contribution in [3.05, 3.63) is 78.5 Å². The molecule has 3 heterocycles. The van der Waals surface area contributed by atoms with Crippen LogP contribution < -0.4 is 5.32 Å². The van der Waals surface area contributed by atoms with Gasteiger partial charge in [-0.1, -0.05) is 36.4 Å². The number of aromatic nitrogens is 3. The number of pyridine rings is 1. The lowest BCUT2D eigenvalue weighted by Crippen LogP contribution is -2.37. The highest BCUT2D eigenvalue weighted by Crippen LogP contribution is 2.26. The summed E-state index contributed by atoms with van der Waals surface area (Å²) in [6, 6.07) is 21.7. The van der Waals surface area contributed by atoms with Crippen molar-refractivity contribution in [1.82, 2.24) is 19.4 Å². The van der Waals surface area contributed by atoms with Crippen LogP contribution in [0.1, 0.15) is 10.4 Å². The Bertz CT molecular complexity index is 1170. The number of benzene rings is 2. The number of carbonyl (C=O) groups excluding carboxylic acids is 1. The third-order valence-corrected chi connectivity index (χ3v) is 6.03. The van der Waals surface area contributed by atoms with Gasteiger partial charge in [-0.3, -0.25) is 9.36 Å². The number of hydrogen-bond acceptors (Lipinski definition) is 5. The van der Waals surface area contributed by atoms with Gasteiger partial charge in [0, 0.05) is 36.5 Å². The Labute approximate surface area is 178 Å². The minimum Gasteiger partial charge on any atom is -0.337 e. The molecule has 1 aliphatic rings. The van der Waals surface area contributed by atoms with Gasteiger partial charge in [-0.15, -0.1) is 0 Å². The van der Waals surface area contributed by atoms with Crippen LogP contribution in [0.5, 0.6) is 0 Å². The third kappa shape index (κ3) is 3.64. The second-order valence-electron chi connectivity index (χ2n) is 7.07. The summed E-state index contributed by atoms with van der Waals surface area (Å²) in [5.41, 5.74) is 3.88. The van der Waals surface area contributed by atoms with E-state index in [2.05, 4.69) is 10.3 Å². The molecule has 0 spiro atoms. The number of thioether (sulfide) groups is 1. The minimum absolute atomic E-state index is 0.0246. The van der Waals surface area contributed by atoms with Crippen LogP contribution >= 0.6 is 11.8 Å². The predicted octanol–water partition coefficient (Wildman–Crippen LogP) is 4.35. The van der Waals surface area contributed by atoms with Gasteiger partial charge >= 0.3 is 0 Å². The molecule has 5 rings (SSSR count). The number of fused-ring (bicyclic) bond motifs is 1. The highest BCUT2D eigenvalue weighted by atomic mass is 32.2. The molecule has 4 aromatic rings. The summed E-state index contributed by atoms with van der Waals surface area (Å²) in [5.74, 6) is 2.65. The van der Waals surface area contributed by atoms with Gasteiger partial charge in [-0.05, 0) is 30.3 Å². The smallest absolute Gasteiger partial charge is 0.255 e. The Kier molecular flexibility index (Phi) is 5.11. The monoisotopic (exact) mass is 415 g/mol. The Hall–Kier alpha value is -3.32. The number of imidazole rings is 1. The molecule has 1 N–H and O–H groups in total. The van der Waals surface area contributed by atoms with E-state index in [0.29, 0.717) is 22.7 Å². The van der Waals surface area contributed by atoms with E-state index in [4.69, 9.17) is 4.98 Å². The normalized spacial score (nSPS) is 14.1. The van der Waals surface area contributed by atoms with Crippen LogP contribution in [-0.4, -0.2) is 49.9 Å². The van der Waals surface area contributed by atoms with Crippen molar-refractivity contribution < 1.29 is 4.79 Å². The lowest BCUT2D eigenvalue weighted by atomic mass is 10.2. The first-order valence-electron chi connectivity index (χ1n) is 9.92. The molecular formula is C23H21N5OS.